The number of fused-ring (bicyclic) bond motifs is 4. The maximum Gasteiger partial charge on any atom is 0.237 e. The lowest BCUT2D eigenvalue weighted by atomic mass is 10.1. The van der Waals surface area contributed by atoms with Crippen molar-refractivity contribution in [3.8, 4) is 17.2 Å². The fraction of sp³-hybridized carbons (Fsp3) is 0.148. The number of rotatable bonds is 2. The van der Waals surface area contributed by atoms with Crippen molar-refractivity contribution < 1.29 is 0 Å². The SMILES string of the molecule is Cc1cc2c(cc1C)n1c(C)ccc1n2-c1ncc2ccc(-c3ccccc3C)nc2n1. The van der Waals surface area contributed by atoms with Gasteiger partial charge in [-0.25, -0.2) is 9.97 Å². The standard InChI is InChI=1S/C27H23N5/c1-16-7-5-6-8-21(16)22-11-10-20-15-28-27(30-26(20)29-22)32-24-14-18(3)17(2)13-23(24)31-19(4)9-12-25(31)32/h5-15H,1-4H3. The molecule has 0 aliphatic heterocycles. The molecule has 4 heterocycles. The molecule has 156 valence electrons. The summed E-state index contributed by atoms with van der Waals surface area (Å²) in [5, 5.41) is 0.928. The molecule has 0 saturated carbocycles. The van der Waals surface area contributed by atoms with Gasteiger partial charge in [-0.05, 0) is 80.8 Å². The van der Waals surface area contributed by atoms with Crippen molar-refractivity contribution in [1.82, 2.24) is 23.9 Å². The molecule has 0 radical (unpaired) electrons. The molecule has 0 aliphatic rings. The third kappa shape index (κ3) is 2.67. The van der Waals surface area contributed by atoms with E-state index in [-0.39, 0.29) is 0 Å². The van der Waals surface area contributed by atoms with Crippen LogP contribution >= 0.6 is 0 Å². The second-order valence-corrected chi connectivity index (χ2v) is 8.52. The predicted octanol–water partition coefficient (Wildman–Crippen LogP) is 6.12. The summed E-state index contributed by atoms with van der Waals surface area (Å²) in [4.78, 5) is 14.6. The van der Waals surface area contributed by atoms with Crippen LogP contribution in [0.3, 0.4) is 0 Å². The van der Waals surface area contributed by atoms with Crippen molar-refractivity contribution in [3.63, 3.8) is 0 Å². The van der Waals surface area contributed by atoms with E-state index in [1.165, 1.54) is 22.4 Å². The van der Waals surface area contributed by atoms with Crippen molar-refractivity contribution in [2.45, 2.75) is 27.7 Å². The molecule has 0 N–H and O–H groups in total. The van der Waals surface area contributed by atoms with Crippen molar-refractivity contribution >= 4 is 27.7 Å². The number of aryl methyl sites for hydroxylation is 4. The highest BCUT2D eigenvalue weighted by Gasteiger charge is 2.17. The fourth-order valence-electron chi connectivity index (χ4n) is 4.51. The zero-order valence-corrected chi connectivity index (χ0v) is 18.6. The van der Waals surface area contributed by atoms with E-state index >= 15 is 0 Å². The minimum Gasteiger partial charge on any atom is -0.298 e. The van der Waals surface area contributed by atoms with Gasteiger partial charge < -0.3 is 0 Å². The molecule has 6 rings (SSSR count). The van der Waals surface area contributed by atoms with Gasteiger partial charge in [0.05, 0.1) is 16.7 Å². The second kappa shape index (κ2) is 6.76. The minimum absolute atomic E-state index is 0.633. The van der Waals surface area contributed by atoms with E-state index in [0.29, 0.717) is 11.6 Å². The van der Waals surface area contributed by atoms with Gasteiger partial charge in [0.2, 0.25) is 5.95 Å². The molecule has 0 amide bonds. The highest BCUT2D eigenvalue weighted by molar-refractivity contribution is 5.86. The number of aromatic nitrogens is 5. The van der Waals surface area contributed by atoms with Crippen molar-refractivity contribution in [2.75, 3.05) is 0 Å². The first-order chi connectivity index (χ1) is 15.5. The van der Waals surface area contributed by atoms with E-state index < -0.39 is 0 Å². The molecule has 0 bridgehead atoms. The molecule has 4 aromatic heterocycles. The zero-order valence-electron chi connectivity index (χ0n) is 18.6. The molecule has 0 fully saturated rings. The lowest BCUT2D eigenvalue weighted by Gasteiger charge is -2.08. The van der Waals surface area contributed by atoms with Gasteiger partial charge in [-0.15, -0.1) is 0 Å². The summed E-state index contributed by atoms with van der Waals surface area (Å²) in [6.07, 6.45) is 1.87. The number of hydrogen-bond acceptors (Lipinski definition) is 3. The van der Waals surface area contributed by atoms with Crippen LogP contribution in [-0.2, 0) is 0 Å². The molecule has 5 heteroatoms. The Morgan fingerprint density at radius 3 is 2.31 bits per heavy atom. The molecular formula is C27H23N5. The average Bonchev–Trinajstić information content (AvgIpc) is 3.31. The largest absolute Gasteiger partial charge is 0.298 e. The molecule has 2 aromatic carbocycles. The van der Waals surface area contributed by atoms with Crippen molar-refractivity contribution in [2.24, 2.45) is 0 Å². The Labute approximate surface area is 186 Å². The molecule has 32 heavy (non-hydrogen) atoms. The lowest BCUT2D eigenvalue weighted by molar-refractivity contribution is 0.986. The summed E-state index contributed by atoms with van der Waals surface area (Å²) < 4.78 is 4.41. The number of benzene rings is 2. The molecule has 0 atom stereocenters. The van der Waals surface area contributed by atoms with E-state index in [2.05, 4.69) is 73.1 Å². The predicted molar refractivity (Wildman–Crippen MR) is 130 cm³/mol. The third-order valence-electron chi connectivity index (χ3n) is 6.41. The van der Waals surface area contributed by atoms with E-state index in [1.54, 1.807) is 0 Å². The van der Waals surface area contributed by atoms with Gasteiger partial charge in [-0.1, -0.05) is 24.3 Å². The van der Waals surface area contributed by atoms with E-state index in [1.807, 2.05) is 30.5 Å². The smallest absolute Gasteiger partial charge is 0.237 e. The van der Waals surface area contributed by atoms with Crippen LogP contribution in [0.1, 0.15) is 22.4 Å². The number of imidazole rings is 1. The van der Waals surface area contributed by atoms with Gasteiger partial charge >= 0.3 is 0 Å². The van der Waals surface area contributed by atoms with E-state index in [9.17, 15) is 0 Å². The normalized spacial score (nSPS) is 11.8. The van der Waals surface area contributed by atoms with Crippen LogP contribution in [0.25, 0.3) is 44.9 Å². The maximum atomic E-state index is 4.92. The van der Waals surface area contributed by atoms with Gasteiger partial charge in [0.1, 0.15) is 5.65 Å². The van der Waals surface area contributed by atoms with E-state index in [0.717, 1.165) is 33.3 Å². The Hall–Kier alpha value is -3.99. The summed E-state index contributed by atoms with van der Waals surface area (Å²) in [5.41, 5.74) is 11.0. The molecule has 0 unspecified atom stereocenters. The zero-order chi connectivity index (χ0) is 22.0. The molecule has 0 aliphatic carbocycles. The lowest BCUT2D eigenvalue weighted by Crippen LogP contribution is -2.02. The van der Waals surface area contributed by atoms with Crippen LogP contribution in [-0.4, -0.2) is 23.9 Å². The van der Waals surface area contributed by atoms with Crippen molar-refractivity contribution in [1.29, 1.82) is 0 Å². The summed E-state index contributed by atoms with van der Waals surface area (Å²) in [6, 6.07) is 21.1. The number of hydrogen-bond donors (Lipinski definition) is 0. The van der Waals surface area contributed by atoms with Crippen LogP contribution in [0.15, 0.2) is 66.9 Å². The maximum absolute atomic E-state index is 4.92. The van der Waals surface area contributed by atoms with Crippen molar-refractivity contribution in [3.05, 3.63) is 89.2 Å². The Morgan fingerprint density at radius 1 is 0.719 bits per heavy atom. The summed E-state index contributed by atoms with van der Waals surface area (Å²) in [7, 11) is 0. The monoisotopic (exact) mass is 417 g/mol. The van der Waals surface area contributed by atoms with Gasteiger partial charge in [-0.3, -0.25) is 8.97 Å². The van der Waals surface area contributed by atoms with Crippen LogP contribution in [0.4, 0.5) is 0 Å². The first-order valence-electron chi connectivity index (χ1n) is 10.8. The van der Waals surface area contributed by atoms with Gasteiger partial charge in [0.25, 0.3) is 0 Å². The van der Waals surface area contributed by atoms with Crippen LogP contribution in [0, 0.1) is 27.7 Å². The molecular weight excluding hydrogens is 394 g/mol. The second-order valence-electron chi connectivity index (χ2n) is 8.52. The topological polar surface area (TPSA) is 48.0 Å². The van der Waals surface area contributed by atoms with E-state index in [4.69, 9.17) is 15.0 Å². The Balaban J connectivity index is 1.63. The molecule has 0 saturated heterocycles. The first kappa shape index (κ1) is 18.8. The minimum atomic E-state index is 0.633. The number of pyridine rings is 1. The highest BCUT2D eigenvalue weighted by Crippen LogP contribution is 2.29. The molecule has 6 aromatic rings. The number of nitrogens with zero attached hydrogens (tertiary/aromatic N) is 5. The van der Waals surface area contributed by atoms with Crippen LogP contribution in [0.2, 0.25) is 0 Å². The van der Waals surface area contributed by atoms with Crippen LogP contribution < -0.4 is 0 Å². The van der Waals surface area contributed by atoms with Gasteiger partial charge in [-0.2, -0.15) is 4.98 Å². The quantitative estimate of drug-likeness (QED) is 0.341. The fourth-order valence-corrected chi connectivity index (χ4v) is 4.51. The molecule has 5 nitrogen and oxygen atoms in total. The molecule has 0 spiro atoms. The first-order valence-corrected chi connectivity index (χ1v) is 10.8. The Kier molecular flexibility index (Phi) is 3.96. The Bertz CT molecular complexity index is 1670. The highest BCUT2D eigenvalue weighted by atomic mass is 15.2. The summed E-state index contributed by atoms with van der Waals surface area (Å²) in [5.74, 6) is 0.633. The van der Waals surface area contributed by atoms with Crippen LogP contribution in [0.5, 0.6) is 0 Å². The van der Waals surface area contributed by atoms with Gasteiger partial charge in [0.15, 0.2) is 5.65 Å². The Morgan fingerprint density at radius 2 is 1.50 bits per heavy atom. The summed E-state index contributed by atoms with van der Waals surface area (Å²) in [6.45, 7) is 8.53. The average molecular weight is 418 g/mol. The van der Waals surface area contributed by atoms with Gasteiger partial charge in [0, 0.05) is 22.8 Å². The summed E-state index contributed by atoms with van der Waals surface area (Å²) >= 11 is 0. The third-order valence-corrected chi connectivity index (χ3v) is 6.41.